The summed E-state index contributed by atoms with van der Waals surface area (Å²) in [7, 11) is 0. The number of carboxylic acids is 1. The molecule has 0 saturated carbocycles. The summed E-state index contributed by atoms with van der Waals surface area (Å²) >= 11 is 0. The van der Waals surface area contributed by atoms with Crippen LogP contribution in [0.4, 0.5) is 0 Å². The predicted molar refractivity (Wildman–Crippen MR) is 51.8 cm³/mol. The zero-order valence-electron chi connectivity index (χ0n) is 8.15. The first-order valence-electron chi connectivity index (χ1n) is 4.98. The van der Waals surface area contributed by atoms with E-state index in [0.717, 1.165) is 19.4 Å². The van der Waals surface area contributed by atoms with E-state index < -0.39 is 12.1 Å². The molecule has 0 spiro atoms. The zero-order chi connectivity index (χ0) is 10.6. The summed E-state index contributed by atoms with van der Waals surface area (Å²) in [5, 5.41) is 21.5. The van der Waals surface area contributed by atoms with Crippen LogP contribution < -0.4 is 11.1 Å². The van der Waals surface area contributed by atoms with Gasteiger partial charge < -0.3 is 21.3 Å². The second-order valence-electron chi connectivity index (χ2n) is 3.78. The van der Waals surface area contributed by atoms with E-state index in [4.69, 9.17) is 10.8 Å². The Morgan fingerprint density at radius 2 is 2.36 bits per heavy atom. The number of carboxylic acid groups (broad SMARTS) is 1. The van der Waals surface area contributed by atoms with Crippen molar-refractivity contribution in [3.63, 3.8) is 0 Å². The Labute approximate surface area is 83.3 Å². The van der Waals surface area contributed by atoms with Gasteiger partial charge in [0.1, 0.15) is 0 Å². The lowest BCUT2D eigenvalue weighted by molar-refractivity contribution is -0.138. The molecule has 1 fully saturated rings. The van der Waals surface area contributed by atoms with E-state index in [1.165, 1.54) is 0 Å². The normalized spacial score (nSPS) is 29.9. The molecule has 0 amide bonds. The first-order valence-corrected chi connectivity index (χ1v) is 4.98. The molecule has 82 valence electrons. The van der Waals surface area contributed by atoms with Crippen molar-refractivity contribution in [2.75, 3.05) is 13.1 Å². The number of rotatable bonds is 4. The number of hydrogen-bond donors (Lipinski definition) is 4. The van der Waals surface area contributed by atoms with Crippen LogP contribution in [-0.2, 0) is 4.79 Å². The highest BCUT2D eigenvalue weighted by molar-refractivity contribution is 5.67. The summed E-state index contributed by atoms with van der Waals surface area (Å²) in [6, 6.07) is -0.162. The molecule has 14 heavy (non-hydrogen) atoms. The Morgan fingerprint density at radius 1 is 1.64 bits per heavy atom. The third-order valence-electron chi connectivity index (χ3n) is 2.72. The molecule has 1 heterocycles. The van der Waals surface area contributed by atoms with Crippen LogP contribution in [0.3, 0.4) is 0 Å². The number of hydrogen-bond acceptors (Lipinski definition) is 4. The molecule has 0 radical (unpaired) electrons. The standard InChI is InChI=1S/C9H18N2O3/c10-5-6(4-8(13)14)9-7(12)2-1-3-11-9/h6-7,9,11-12H,1-5,10H2,(H,13,14)/t6-,7+,9+/m0/s1. The smallest absolute Gasteiger partial charge is 0.303 e. The molecule has 0 aromatic carbocycles. The van der Waals surface area contributed by atoms with E-state index in [1.54, 1.807) is 0 Å². The van der Waals surface area contributed by atoms with Crippen molar-refractivity contribution in [3.8, 4) is 0 Å². The Balaban J connectivity index is 2.52. The number of nitrogens with one attached hydrogen (secondary N) is 1. The summed E-state index contributed by atoms with van der Waals surface area (Å²) in [4.78, 5) is 10.6. The molecule has 3 atom stereocenters. The van der Waals surface area contributed by atoms with Crippen LogP contribution in [0.2, 0.25) is 0 Å². The average Bonchev–Trinajstić information content (AvgIpc) is 2.15. The number of piperidine rings is 1. The Hall–Kier alpha value is -0.650. The molecule has 0 aromatic heterocycles. The van der Waals surface area contributed by atoms with Gasteiger partial charge in [0.05, 0.1) is 12.5 Å². The fraction of sp³-hybridized carbons (Fsp3) is 0.889. The average molecular weight is 202 g/mol. The SMILES string of the molecule is NC[C@H](CC(=O)O)[C@H]1NCCC[C@H]1O. The summed E-state index contributed by atoms with van der Waals surface area (Å²) in [5.74, 6) is -1.04. The number of aliphatic hydroxyl groups is 1. The maximum absolute atomic E-state index is 10.6. The Kier molecular flexibility index (Phi) is 4.31. The van der Waals surface area contributed by atoms with Crippen molar-refractivity contribution in [3.05, 3.63) is 0 Å². The van der Waals surface area contributed by atoms with Crippen molar-refractivity contribution >= 4 is 5.97 Å². The van der Waals surface area contributed by atoms with Crippen molar-refractivity contribution in [2.24, 2.45) is 11.7 Å². The lowest BCUT2D eigenvalue weighted by atomic mass is 9.87. The van der Waals surface area contributed by atoms with Crippen LogP contribution in [0, 0.1) is 5.92 Å². The van der Waals surface area contributed by atoms with Crippen molar-refractivity contribution < 1.29 is 15.0 Å². The minimum atomic E-state index is -0.861. The van der Waals surface area contributed by atoms with Gasteiger partial charge in [0.15, 0.2) is 0 Å². The molecule has 1 rings (SSSR count). The maximum Gasteiger partial charge on any atom is 0.303 e. The van der Waals surface area contributed by atoms with Crippen molar-refractivity contribution in [1.82, 2.24) is 5.32 Å². The second kappa shape index (κ2) is 5.29. The summed E-state index contributed by atoms with van der Waals surface area (Å²) < 4.78 is 0. The summed E-state index contributed by atoms with van der Waals surface area (Å²) in [6.07, 6.45) is 1.22. The van der Waals surface area contributed by atoms with Crippen LogP contribution in [0.1, 0.15) is 19.3 Å². The quantitative estimate of drug-likeness (QED) is 0.476. The minimum absolute atomic E-state index is 0.0191. The molecule has 1 saturated heterocycles. The van der Waals surface area contributed by atoms with E-state index in [2.05, 4.69) is 5.32 Å². The zero-order valence-corrected chi connectivity index (χ0v) is 8.15. The van der Waals surface area contributed by atoms with Gasteiger partial charge >= 0.3 is 5.97 Å². The van der Waals surface area contributed by atoms with E-state index in [-0.39, 0.29) is 18.4 Å². The lowest BCUT2D eigenvalue weighted by Gasteiger charge is -2.34. The van der Waals surface area contributed by atoms with Gasteiger partial charge in [-0.25, -0.2) is 0 Å². The minimum Gasteiger partial charge on any atom is -0.481 e. The second-order valence-corrected chi connectivity index (χ2v) is 3.78. The van der Waals surface area contributed by atoms with E-state index in [1.807, 2.05) is 0 Å². The van der Waals surface area contributed by atoms with Gasteiger partial charge in [0.25, 0.3) is 0 Å². The summed E-state index contributed by atoms with van der Waals surface area (Å²) in [6.45, 7) is 1.12. The maximum atomic E-state index is 10.6. The number of carbonyl (C=O) groups is 1. The third kappa shape index (κ3) is 2.94. The number of nitrogens with two attached hydrogens (primary N) is 1. The van der Waals surface area contributed by atoms with Crippen molar-refractivity contribution in [1.29, 1.82) is 0 Å². The first-order chi connectivity index (χ1) is 6.65. The fourth-order valence-corrected chi connectivity index (χ4v) is 1.96. The van der Waals surface area contributed by atoms with Crippen LogP contribution in [-0.4, -0.2) is 41.4 Å². The van der Waals surface area contributed by atoms with Gasteiger partial charge in [-0.05, 0) is 31.8 Å². The van der Waals surface area contributed by atoms with Crippen LogP contribution in [0.5, 0.6) is 0 Å². The number of aliphatic hydroxyl groups excluding tert-OH is 1. The number of aliphatic carboxylic acids is 1. The molecule has 0 unspecified atom stereocenters. The van der Waals surface area contributed by atoms with Crippen LogP contribution in [0.25, 0.3) is 0 Å². The highest BCUT2D eigenvalue weighted by atomic mass is 16.4. The van der Waals surface area contributed by atoms with Crippen LogP contribution in [0.15, 0.2) is 0 Å². The molecule has 5 N–H and O–H groups in total. The third-order valence-corrected chi connectivity index (χ3v) is 2.72. The Morgan fingerprint density at radius 3 is 2.86 bits per heavy atom. The molecule has 1 aliphatic heterocycles. The Bertz CT molecular complexity index is 198. The molecule has 0 bridgehead atoms. The fourth-order valence-electron chi connectivity index (χ4n) is 1.96. The molecule has 0 aromatic rings. The van der Waals surface area contributed by atoms with Gasteiger partial charge in [-0.15, -0.1) is 0 Å². The molecule has 5 nitrogen and oxygen atoms in total. The van der Waals surface area contributed by atoms with Gasteiger partial charge in [0.2, 0.25) is 0 Å². The van der Waals surface area contributed by atoms with Gasteiger partial charge in [0, 0.05) is 6.04 Å². The molecular weight excluding hydrogens is 184 g/mol. The largest absolute Gasteiger partial charge is 0.481 e. The van der Waals surface area contributed by atoms with E-state index in [9.17, 15) is 9.90 Å². The molecule has 1 aliphatic rings. The van der Waals surface area contributed by atoms with Gasteiger partial charge in [-0.3, -0.25) is 4.79 Å². The van der Waals surface area contributed by atoms with Crippen LogP contribution >= 0.6 is 0 Å². The predicted octanol–water partition coefficient (Wildman–Crippen LogP) is -0.851. The molecule has 0 aliphatic carbocycles. The monoisotopic (exact) mass is 202 g/mol. The highest BCUT2D eigenvalue weighted by Crippen LogP contribution is 2.18. The van der Waals surface area contributed by atoms with Gasteiger partial charge in [-0.2, -0.15) is 0 Å². The molecule has 5 heteroatoms. The van der Waals surface area contributed by atoms with E-state index in [0.29, 0.717) is 6.54 Å². The van der Waals surface area contributed by atoms with E-state index >= 15 is 0 Å². The van der Waals surface area contributed by atoms with Gasteiger partial charge in [-0.1, -0.05) is 0 Å². The lowest BCUT2D eigenvalue weighted by Crippen LogP contribution is -2.51. The molecular formula is C9H18N2O3. The topological polar surface area (TPSA) is 95.6 Å². The van der Waals surface area contributed by atoms with Crippen molar-refractivity contribution in [2.45, 2.75) is 31.4 Å². The first kappa shape index (κ1) is 11.4. The summed E-state index contributed by atoms with van der Waals surface area (Å²) in [5.41, 5.74) is 5.50. The highest BCUT2D eigenvalue weighted by Gasteiger charge is 2.30.